The molecule has 4 unspecified atom stereocenters. The number of carboxylic acids is 1. The van der Waals surface area contributed by atoms with Crippen molar-refractivity contribution in [2.24, 2.45) is 11.8 Å². The maximum atomic E-state index is 13.0. The summed E-state index contributed by atoms with van der Waals surface area (Å²) in [6, 6.07) is 2.02. The van der Waals surface area contributed by atoms with Crippen molar-refractivity contribution in [2.45, 2.75) is 25.2 Å². The highest BCUT2D eigenvalue weighted by Gasteiger charge is 2.60. The summed E-state index contributed by atoms with van der Waals surface area (Å²) >= 11 is 0. The Labute approximate surface area is 152 Å². The van der Waals surface area contributed by atoms with Crippen LogP contribution in [0.5, 0.6) is 0 Å². The number of benzene rings is 1. The molecule has 3 rings (SSSR count). The van der Waals surface area contributed by atoms with Crippen LogP contribution in [0.15, 0.2) is 36.4 Å². The summed E-state index contributed by atoms with van der Waals surface area (Å²) in [5.41, 5.74) is -0.780. The second kappa shape index (κ2) is 6.80. The third-order valence-corrected chi connectivity index (χ3v) is 4.93. The third kappa shape index (κ3) is 3.23. The normalized spacial score (nSPS) is 28.2. The highest BCUT2D eigenvalue weighted by atomic mass is 19.4. The second-order valence-electron chi connectivity index (χ2n) is 6.49. The Morgan fingerprint density at radius 1 is 1.26 bits per heavy atom. The summed E-state index contributed by atoms with van der Waals surface area (Å²) < 4.78 is 39.0. The first-order chi connectivity index (χ1) is 12.7. The van der Waals surface area contributed by atoms with E-state index < -0.39 is 53.4 Å². The van der Waals surface area contributed by atoms with Gasteiger partial charge in [-0.2, -0.15) is 13.2 Å². The van der Waals surface area contributed by atoms with Crippen LogP contribution < -0.4 is 5.32 Å². The first-order valence-corrected chi connectivity index (χ1v) is 8.29. The molecule has 1 aromatic rings. The Bertz CT molecular complexity index is 821. The number of rotatable bonds is 4. The Morgan fingerprint density at radius 2 is 1.93 bits per heavy atom. The number of likely N-dealkylation sites (tertiary alicyclic amines) is 1. The number of allylic oxidation sites excluding steroid dienone is 1. The van der Waals surface area contributed by atoms with Crippen LogP contribution in [0.25, 0.3) is 0 Å². The molecule has 6 nitrogen and oxygen atoms in total. The van der Waals surface area contributed by atoms with Gasteiger partial charge in [0.2, 0.25) is 11.8 Å². The number of carbonyl (C=O) groups excluding carboxylic acids is 2. The number of imide groups is 1. The maximum absolute atomic E-state index is 13.0. The van der Waals surface area contributed by atoms with Gasteiger partial charge in [0.15, 0.2) is 0 Å². The molecule has 1 aromatic carbocycles. The van der Waals surface area contributed by atoms with Crippen LogP contribution in [0.4, 0.5) is 13.2 Å². The summed E-state index contributed by atoms with van der Waals surface area (Å²) in [6.45, 7) is 1.71. The second-order valence-corrected chi connectivity index (χ2v) is 6.49. The zero-order chi connectivity index (χ0) is 19.9. The van der Waals surface area contributed by atoms with E-state index in [2.05, 4.69) is 5.32 Å². The number of alkyl halides is 3. The van der Waals surface area contributed by atoms with Crippen molar-refractivity contribution in [3.05, 3.63) is 47.5 Å². The van der Waals surface area contributed by atoms with Crippen molar-refractivity contribution in [3.8, 4) is 0 Å². The molecule has 2 saturated heterocycles. The van der Waals surface area contributed by atoms with E-state index in [-0.39, 0.29) is 12.1 Å². The fourth-order valence-electron chi connectivity index (χ4n) is 3.70. The summed E-state index contributed by atoms with van der Waals surface area (Å²) in [7, 11) is 0. The Kier molecular flexibility index (Phi) is 4.81. The molecule has 27 heavy (non-hydrogen) atoms. The molecule has 2 aliphatic rings. The fraction of sp³-hybridized carbons (Fsp3) is 0.389. The van der Waals surface area contributed by atoms with E-state index in [1.165, 1.54) is 12.1 Å². The van der Waals surface area contributed by atoms with Gasteiger partial charge in [-0.05, 0) is 24.6 Å². The predicted molar refractivity (Wildman–Crippen MR) is 87.3 cm³/mol. The van der Waals surface area contributed by atoms with E-state index >= 15 is 0 Å². The van der Waals surface area contributed by atoms with Crippen molar-refractivity contribution in [1.82, 2.24) is 10.2 Å². The highest BCUT2D eigenvalue weighted by Crippen LogP contribution is 2.44. The number of nitrogens with one attached hydrogen (secondary N) is 1. The fourth-order valence-corrected chi connectivity index (χ4v) is 3.70. The van der Waals surface area contributed by atoms with Crippen molar-refractivity contribution in [3.63, 3.8) is 0 Å². The molecule has 2 heterocycles. The van der Waals surface area contributed by atoms with Crippen LogP contribution in [0.3, 0.4) is 0 Å². The number of aliphatic carboxylic acids is 1. The molecule has 2 amide bonds. The summed E-state index contributed by atoms with van der Waals surface area (Å²) in [5, 5.41) is 12.1. The summed E-state index contributed by atoms with van der Waals surface area (Å²) in [5.74, 6) is -4.75. The van der Waals surface area contributed by atoms with Crippen molar-refractivity contribution < 1.29 is 32.7 Å². The summed E-state index contributed by atoms with van der Waals surface area (Å²) in [4.78, 5) is 37.9. The van der Waals surface area contributed by atoms with Gasteiger partial charge in [0.25, 0.3) is 0 Å². The smallest absolute Gasteiger partial charge is 0.416 e. The monoisotopic (exact) mass is 382 g/mol. The number of hydrogen-bond acceptors (Lipinski definition) is 4. The Hall–Kier alpha value is -2.68. The van der Waals surface area contributed by atoms with Gasteiger partial charge in [0, 0.05) is 12.6 Å². The Morgan fingerprint density at radius 3 is 2.52 bits per heavy atom. The van der Waals surface area contributed by atoms with Crippen molar-refractivity contribution in [1.29, 1.82) is 0 Å². The van der Waals surface area contributed by atoms with Gasteiger partial charge >= 0.3 is 12.1 Å². The molecule has 2 N–H and O–H groups in total. The lowest BCUT2D eigenvalue weighted by Gasteiger charge is -2.21. The van der Waals surface area contributed by atoms with Gasteiger partial charge in [-0.3, -0.25) is 24.6 Å². The molecule has 4 atom stereocenters. The molecule has 0 bridgehead atoms. The minimum atomic E-state index is -4.58. The zero-order valence-corrected chi connectivity index (χ0v) is 14.2. The lowest BCUT2D eigenvalue weighted by molar-refractivity contribution is -0.145. The standard InChI is InChI=1S/C18H17F3N2O4/c1-2-3-7-23-15(24)11-12(16(23)25)14(17(26)27)22-13(11)9-5-4-6-10(8-9)18(19,20)21/h2-6,8,11-14,22H,7H2,1H3,(H,26,27). The van der Waals surface area contributed by atoms with Gasteiger partial charge in [0.05, 0.1) is 17.4 Å². The first-order valence-electron chi connectivity index (χ1n) is 8.29. The number of carboxylic acid groups (broad SMARTS) is 1. The van der Waals surface area contributed by atoms with Crippen LogP contribution in [-0.4, -0.2) is 40.4 Å². The number of hydrogen-bond donors (Lipinski definition) is 2. The molecule has 0 radical (unpaired) electrons. The minimum absolute atomic E-state index is 0.00279. The van der Waals surface area contributed by atoms with E-state index in [9.17, 15) is 32.7 Å². The molecule has 2 fully saturated rings. The number of halogens is 3. The number of amides is 2. The van der Waals surface area contributed by atoms with Crippen LogP contribution in [0.2, 0.25) is 0 Å². The largest absolute Gasteiger partial charge is 0.480 e. The van der Waals surface area contributed by atoms with Crippen LogP contribution in [-0.2, 0) is 20.6 Å². The lowest BCUT2D eigenvalue weighted by Crippen LogP contribution is -2.43. The van der Waals surface area contributed by atoms with E-state index in [0.717, 1.165) is 17.0 Å². The molecule has 0 aliphatic carbocycles. The molecule has 144 valence electrons. The molecule has 0 saturated carbocycles. The predicted octanol–water partition coefficient (Wildman–Crippen LogP) is 1.98. The molecule has 9 heteroatoms. The van der Waals surface area contributed by atoms with E-state index in [1.807, 2.05) is 0 Å². The van der Waals surface area contributed by atoms with Gasteiger partial charge in [-0.1, -0.05) is 24.3 Å². The van der Waals surface area contributed by atoms with Gasteiger partial charge in [-0.25, -0.2) is 0 Å². The third-order valence-electron chi connectivity index (χ3n) is 4.93. The minimum Gasteiger partial charge on any atom is -0.480 e. The van der Waals surface area contributed by atoms with Gasteiger partial charge < -0.3 is 5.11 Å². The lowest BCUT2D eigenvalue weighted by atomic mass is 9.86. The van der Waals surface area contributed by atoms with Crippen LogP contribution in [0, 0.1) is 11.8 Å². The maximum Gasteiger partial charge on any atom is 0.416 e. The SMILES string of the molecule is CC=CCN1C(=O)C2C(C(=O)O)NC(c3cccc(C(F)(F)F)c3)C2C1=O. The van der Waals surface area contributed by atoms with Gasteiger partial charge in [-0.15, -0.1) is 0 Å². The molecule has 0 spiro atoms. The average molecular weight is 382 g/mol. The quantitative estimate of drug-likeness (QED) is 0.614. The Balaban J connectivity index is 2.02. The average Bonchev–Trinajstić information content (AvgIpc) is 3.11. The molecule has 0 aromatic heterocycles. The zero-order valence-electron chi connectivity index (χ0n) is 14.2. The topological polar surface area (TPSA) is 86.7 Å². The first kappa shape index (κ1) is 19.1. The van der Waals surface area contributed by atoms with E-state index in [1.54, 1.807) is 19.1 Å². The highest BCUT2D eigenvalue weighted by molar-refractivity contribution is 6.08. The number of carbonyl (C=O) groups is 3. The van der Waals surface area contributed by atoms with Crippen LogP contribution >= 0.6 is 0 Å². The molecule has 2 aliphatic heterocycles. The van der Waals surface area contributed by atoms with Crippen molar-refractivity contribution >= 4 is 17.8 Å². The van der Waals surface area contributed by atoms with Crippen molar-refractivity contribution in [2.75, 3.05) is 6.54 Å². The molecular formula is C18H17F3N2O4. The van der Waals surface area contributed by atoms with Crippen LogP contribution in [0.1, 0.15) is 24.1 Å². The van der Waals surface area contributed by atoms with Gasteiger partial charge in [0.1, 0.15) is 6.04 Å². The summed E-state index contributed by atoms with van der Waals surface area (Å²) in [6.07, 6.45) is -1.35. The number of fused-ring (bicyclic) bond motifs is 1. The van der Waals surface area contributed by atoms with E-state index in [0.29, 0.717) is 0 Å². The number of nitrogens with zero attached hydrogens (tertiary/aromatic N) is 1. The molecular weight excluding hydrogens is 365 g/mol. The van der Waals surface area contributed by atoms with E-state index in [4.69, 9.17) is 0 Å².